The molecule has 0 spiro atoms. The van der Waals surface area contributed by atoms with Crippen molar-refractivity contribution in [3.05, 3.63) is 23.3 Å². The minimum atomic E-state index is -0.479. The minimum Gasteiger partial charge on any atom is -0.465 e. The van der Waals surface area contributed by atoms with Gasteiger partial charge in [0.05, 0.1) is 19.2 Å². The Balaban J connectivity index is 3.19. The summed E-state index contributed by atoms with van der Waals surface area (Å²) in [4.78, 5) is 27.1. The van der Waals surface area contributed by atoms with Crippen LogP contribution in [0.5, 0.6) is 0 Å². The molecule has 0 heterocycles. The van der Waals surface area contributed by atoms with Gasteiger partial charge >= 0.3 is 5.97 Å². The first-order valence-electron chi connectivity index (χ1n) is 6.75. The predicted molar refractivity (Wildman–Crippen MR) is 83.5 cm³/mol. The topological polar surface area (TPSA) is 75.9 Å². The lowest BCUT2D eigenvalue weighted by Gasteiger charge is -2.25. The highest BCUT2D eigenvalue weighted by Crippen LogP contribution is 2.26. The maximum atomic E-state index is 11.9. The van der Waals surface area contributed by atoms with E-state index in [-0.39, 0.29) is 12.5 Å². The van der Waals surface area contributed by atoms with Crippen molar-refractivity contribution >= 4 is 23.3 Å². The number of likely N-dealkylation sites (N-methyl/N-ethyl adjacent to an activating group) is 2. The number of anilines is 2. The zero-order chi connectivity index (χ0) is 16.2. The number of carbonyl (C=O) groups is 2. The summed E-state index contributed by atoms with van der Waals surface area (Å²) in [7, 11) is 4.74. The van der Waals surface area contributed by atoms with E-state index in [2.05, 4.69) is 0 Å². The summed E-state index contributed by atoms with van der Waals surface area (Å²) in [5, 5.41) is 0. The number of hydrogen-bond donors (Lipinski definition) is 1. The molecule has 116 valence electrons. The van der Waals surface area contributed by atoms with Crippen molar-refractivity contribution in [2.24, 2.45) is 0 Å². The number of methoxy groups -OCH3 is 1. The Morgan fingerprint density at radius 3 is 2.38 bits per heavy atom. The molecule has 1 rings (SSSR count). The predicted octanol–water partition coefficient (Wildman–Crippen LogP) is 1.28. The summed E-state index contributed by atoms with van der Waals surface area (Å²) in [5.74, 6) is -0.488. The molecule has 1 aromatic rings. The van der Waals surface area contributed by atoms with Crippen LogP contribution in [0.4, 0.5) is 11.4 Å². The Hall–Kier alpha value is -2.24. The zero-order valence-corrected chi connectivity index (χ0v) is 13.3. The lowest BCUT2D eigenvalue weighted by atomic mass is 10.1. The van der Waals surface area contributed by atoms with Gasteiger partial charge in [0.2, 0.25) is 5.91 Å². The van der Waals surface area contributed by atoms with E-state index in [0.717, 1.165) is 11.3 Å². The van der Waals surface area contributed by atoms with Gasteiger partial charge < -0.3 is 20.3 Å². The van der Waals surface area contributed by atoms with Crippen molar-refractivity contribution in [1.82, 2.24) is 4.90 Å². The van der Waals surface area contributed by atoms with Crippen LogP contribution in [0.1, 0.15) is 22.8 Å². The average molecular weight is 293 g/mol. The normalized spacial score (nSPS) is 10.1. The van der Waals surface area contributed by atoms with E-state index in [4.69, 9.17) is 10.5 Å². The number of hydrogen-bond acceptors (Lipinski definition) is 5. The standard InChI is InChI=1S/C15H23N3O3/c1-6-18(9-13(19)17(3)4)11-7-10(2)14(16)12(8-11)15(20)21-5/h7-8H,6,9,16H2,1-5H3. The Kier molecular flexibility index (Phi) is 5.58. The van der Waals surface area contributed by atoms with Crippen LogP contribution in [-0.4, -0.2) is 51.1 Å². The van der Waals surface area contributed by atoms with Gasteiger partial charge in [-0.05, 0) is 31.5 Å². The molecule has 2 N–H and O–H groups in total. The molecule has 21 heavy (non-hydrogen) atoms. The molecule has 6 nitrogen and oxygen atoms in total. The average Bonchev–Trinajstić information content (AvgIpc) is 2.46. The molecular formula is C15H23N3O3. The molecule has 0 aliphatic carbocycles. The van der Waals surface area contributed by atoms with Crippen molar-refractivity contribution in [3.63, 3.8) is 0 Å². The maximum absolute atomic E-state index is 11.9. The van der Waals surface area contributed by atoms with E-state index in [1.165, 1.54) is 12.0 Å². The summed E-state index contributed by atoms with van der Waals surface area (Å²) < 4.78 is 4.75. The van der Waals surface area contributed by atoms with Crippen LogP contribution in [0.15, 0.2) is 12.1 Å². The number of aryl methyl sites for hydroxylation is 1. The highest BCUT2D eigenvalue weighted by molar-refractivity contribution is 5.97. The Bertz CT molecular complexity index is 541. The summed E-state index contributed by atoms with van der Waals surface area (Å²) in [5.41, 5.74) is 8.21. The number of benzene rings is 1. The van der Waals surface area contributed by atoms with E-state index < -0.39 is 5.97 Å². The fourth-order valence-corrected chi connectivity index (χ4v) is 1.93. The monoisotopic (exact) mass is 293 g/mol. The molecule has 0 fully saturated rings. The molecule has 0 radical (unpaired) electrons. The fourth-order valence-electron chi connectivity index (χ4n) is 1.93. The number of carbonyl (C=O) groups excluding carboxylic acids is 2. The van der Waals surface area contributed by atoms with Gasteiger partial charge in [0.15, 0.2) is 0 Å². The quantitative estimate of drug-likeness (QED) is 0.654. The van der Waals surface area contributed by atoms with Gasteiger partial charge in [0.25, 0.3) is 0 Å². The van der Waals surface area contributed by atoms with Crippen molar-refractivity contribution in [1.29, 1.82) is 0 Å². The van der Waals surface area contributed by atoms with Crippen molar-refractivity contribution in [3.8, 4) is 0 Å². The van der Waals surface area contributed by atoms with Gasteiger partial charge in [-0.15, -0.1) is 0 Å². The number of nitrogens with two attached hydrogens (primary N) is 1. The first-order chi connectivity index (χ1) is 9.81. The summed E-state index contributed by atoms with van der Waals surface area (Å²) in [6.07, 6.45) is 0. The Morgan fingerprint density at radius 2 is 1.90 bits per heavy atom. The first kappa shape index (κ1) is 16.8. The summed E-state index contributed by atoms with van der Waals surface area (Å²) in [6.45, 7) is 4.66. The van der Waals surface area contributed by atoms with Gasteiger partial charge in [-0.1, -0.05) is 0 Å². The number of esters is 1. The number of amides is 1. The molecule has 0 aliphatic heterocycles. The number of nitrogens with zero attached hydrogens (tertiary/aromatic N) is 2. The van der Waals surface area contributed by atoms with Crippen LogP contribution in [0.3, 0.4) is 0 Å². The molecule has 0 unspecified atom stereocenters. The van der Waals surface area contributed by atoms with Crippen LogP contribution < -0.4 is 10.6 Å². The van der Waals surface area contributed by atoms with Gasteiger partial charge in [0, 0.05) is 32.0 Å². The molecule has 0 atom stereocenters. The first-order valence-corrected chi connectivity index (χ1v) is 6.75. The minimum absolute atomic E-state index is 0.00838. The van der Waals surface area contributed by atoms with E-state index in [1.54, 1.807) is 20.2 Å². The van der Waals surface area contributed by atoms with Crippen LogP contribution in [0.2, 0.25) is 0 Å². The molecule has 1 aromatic carbocycles. The third-order valence-electron chi connectivity index (χ3n) is 3.35. The number of ether oxygens (including phenoxy) is 1. The van der Waals surface area contributed by atoms with Crippen molar-refractivity contribution < 1.29 is 14.3 Å². The Labute approximate surface area is 125 Å². The largest absolute Gasteiger partial charge is 0.465 e. The Morgan fingerprint density at radius 1 is 1.29 bits per heavy atom. The third kappa shape index (κ3) is 3.87. The van der Waals surface area contributed by atoms with Crippen LogP contribution >= 0.6 is 0 Å². The summed E-state index contributed by atoms with van der Waals surface area (Å²) in [6, 6.07) is 3.54. The lowest BCUT2D eigenvalue weighted by Crippen LogP contribution is -2.36. The van der Waals surface area contributed by atoms with Crippen molar-refractivity contribution in [2.75, 3.05) is 44.9 Å². The molecule has 0 aliphatic rings. The molecule has 6 heteroatoms. The van der Waals surface area contributed by atoms with E-state index >= 15 is 0 Å². The number of nitrogen functional groups attached to an aromatic ring is 1. The second-order valence-corrected chi connectivity index (χ2v) is 5.02. The van der Waals surface area contributed by atoms with E-state index in [0.29, 0.717) is 17.8 Å². The van der Waals surface area contributed by atoms with Crippen LogP contribution in [0, 0.1) is 6.92 Å². The van der Waals surface area contributed by atoms with Crippen LogP contribution in [-0.2, 0) is 9.53 Å². The molecule has 1 amide bonds. The van der Waals surface area contributed by atoms with E-state index in [1.807, 2.05) is 24.8 Å². The smallest absolute Gasteiger partial charge is 0.340 e. The molecule has 0 aromatic heterocycles. The fraction of sp³-hybridized carbons (Fsp3) is 0.467. The maximum Gasteiger partial charge on any atom is 0.340 e. The van der Waals surface area contributed by atoms with Gasteiger partial charge in [-0.25, -0.2) is 4.79 Å². The SMILES string of the molecule is CCN(CC(=O)N(C)C)c1cc(C)c(N)c(C(=O)OC)c1. The number of rotatable bonds is 5. The third-order valence-corrected chi connectivity index (χ3v) is 3.35. The van der Waals surface area contributed by atoms with Crippen molar-refractivity contribution in [2.45, 2.75) is 13.8 Å². The molecule has 0 saturated heterocycles. The van der Waals surface area contributed by atoms with Gasteiger partial charge in [-0.2, -0.15) is 0 Å². The van der Waals surface area contributed by atoms with Gasteiger partial charge in [-0.3, -0.25) is 4.79 Å². The second-order valence-electron chi connectivity index (χ2n) is 5.02. The second kappa shape index (κ2) is 6.97. The zero-order valence-electron chi connectivity index (χ0n) is 13.3. The molecule has 0 bridgehead atoms. The van der Waals surface area contributed by atoms with Crippen LogP contribution in [0.25, 0.3) is 0 Å². The highest BCUT2D eigenvalue weighted by Gasteiger charge is 2.17. The summed E-state index contributed by atoms with van der Waals surface area (Å²) >= 11 is 0. The van der Waals surface area contributed by atoms with E-state index in [9.17, 15) is 9.59 Å². The lowest BCUT2D eigenvalue weighted by molar-refractivity contribution is -0.127. The molecule has 0 saturated carbocycles. The molecular weight excluding hydrogens is 270 g/mol. The highest BCUT2D eigenvalue weighted by atomic mass is 16.5. The van der Waals surface area contributed by atoms with Gasteiger partial charge in [0.1, 0.15) is 0 Å².